The molecular weight excluding hydrogens is 459 g/mol. The van der Waals surface area contributed by atoms with E-state index in [2.05, 4.69) is 20.6 Å². The molecule has 0 radical (unpaired) electrons. The summed E-state index contributed by atoms with van der Waals surface area (Å²) in [6.45, 7) is 0. The Morgan fingerprint density at radius 1 is 0.909 bits per heavy atom. The quantitative estimate of drug-likeness (QED) is 0.330. The smallest absolute Gasteiger partial charge is 0.255 e. The van der Waals surface area contributed by atoms with Gasteiger partial charge in [-0.2, -0.15) is 0 Å². The van der Waals surface area contributed by atoms with Gasteiger partial charge in [-0.25, -0.2) is 4.98 Å². The van der Waals surface area contributed by atoms with Crippen LogP contribution in [-0.2, 0) is 12.8 Å². The molecule has 2 aromatic heterocycles. The number of nitrogens with one attached hydrogen (secondary N) is 3. The Hall–Kier alpha value is -3.35. The van der Waals surface area contributed by atoms with E-state index < -0.39 is 0 Å². The Morgan fingerprint density at radius 2 is 1.58 bits per heavy atom. The lowest BCUT2D eigenvalue weighted by Gasteiger charge is -2.19. The van der Waals surface area contributed by atoms with Crippen molar-refractivity contribution in [3.8, 4) is 0 Å². The van der Waals surface area contributed by atoms with Gasteiger partial charge in [0.1, 0.15) is 5.65 Å². The molecule has 33 heavy (non-hydrogen) atoms. The van der Waals surface area contributed by atoms with Gasteiger partial charge in [0, 0.05) is 44.1 Å². The van der Waals surface area contributed by atoms with Crippen molar-refractivity contribution in [1.29, 1.82) is 0 Å². The van der Waals surface area contributed by atoms with Gasteiger partial charge in [0.15, 0.2) is 0 Å². The maximum atomic E-state index is 12.5. The van der Waals surface area contributed by atoms with Crippen LogP contribution in [0.4, 0.5) is 17.1 Å². The number of amides is 1. The van der Waals surface area contributed by atoms with Gasteiger partial charge in [0.25, 0.3) is 11.5 Å². The lowest BCUT2D eigenvalue weighted by molar-refractivity contribution is 0.102. The van der Waals surface area contributed by atoms with Crippen LogP contribution < -0.4 is 16.2 Å². The van der Waals surface area contributed by atoms with Crippen LogP contribution in [0.2, 0.25) is 10.0 Å². The Balaban J connectivity index is 1.40. The summed E-state index contributed by atoms with van der Waals surface area (Å²) >= 11 is 12.0. The number of carbonyl (C=O) groups excluding carboxylic acids is 1. The number of fused-ring (bicyclic) bond motifs is 3. The molecule has 1 amide bonds. The number of aryl methyl sites for hydroxylation is 1. The van der Waals surface area contributed by atoms with Crippen molar-refractivity contribution in [2.75, 3.05) is 10.6 Å². The number of benzene rings is 2. The molecule has 0 atom stereocenters. The highest BCUT2D eigenvalue weighted by Gasteiger charge is 2.19. The second kappa shape index (κ2) is 8.89. The molecule has 1 aliphatic rings. The highest BCUT2D eigenvalue weighted by Crippen LogP contribution is 2.32. The number of aromatic nitrogens is 2. The number of nitrogens with zero attached hydrogens (tertiary/aromatic N) is 1. The average Bonchev–Trinajstić information content (AvgIpc) is 2.80. The van der Waals surface area contributed by atoms with Crippen LogP contribution in [0.3, 0.4) is 0 Å². The number of hydrogen-bond donors (Lipinski definition) is 3. The molecular formula is C25H20Cl2N4O2. The number of anilines is 3. The van der Waals surface area contributed by atoms with Crippen LogP contribution >= 0.6 is 23.2 Å². The summed E-state index contributed by atoms with van der Waals surface area (Å²) in [6.07, 6.45) is 5.43. The standard InChI is InChI=1S/C25H20Cl2N4O2/c26-15-11-14(12-16(27)13-15)24(32)30-18-7-5-17(6-8-18)29-21-9-10-28-23-22(21)19-3-1-2-4-20(19)25(33)31-23/h5-13H,1-4H2,(H,30,32)(H2,28,29,31,33). The second-order valence-electron chi connectivity index (χ2n) is 8.02. The summed E-state index contributed by atoms with van der Waals surface area (Å²) in [5.41, 5.74) is 5.27. The van der Waals surface area contributed by atoms with Gasteiger partial charge in [0.2, 0.25) is 0 Å². The van der Waals surface area contributed by atoms with Gasteiger partial charge in [-0.05, 0) is 79.8 Å². The SMILES string of the molecule is O=C(Nc1ccc(Nc2ccnc3[nH]c(=O)c4c(c23)CCCC4)cc1)c1cc(Cl)cc(Cl)c1. The fourth-order valence-corrected chi connectivity index (χ4v) is 4.79. The van der Waals surface area contributed by atoms with E-state index in [1.807, 2.05) is 30.3 Å². The summed E-state index contributed by atoms with van der Waals surface area (Å²) in [5.74, 6) is -0.296. The Labute approximate surface area is 200 Å². The molecule has 8 heteroatoms. The van der Waals surface area contributed by atoms with Gasteiger partial charge < -0.3 is 15.6 Å². The molecule has 5 rings (SSSR count). The van der Waals surface area contributed by atoms with Crippen molar-refractivity contribution in [1.82, 2.24) is 9.97 Å². The van der Waals surface area contributed by atoms with Crippen LogP contribution in [0.5, 0.6) is 0 Å². The van der Waals surface area contributed by atoms with Crippen molar-refractivity contribution in [3.63, 3.8) is 0 Å². The number of pyridine rings is 2. The molecule has 0 spiro atoms. The first-order valence-electron chi connectivity index (χ1n) is 10.7. The average molecular weight is 479 g/mol. The van der Waals surface area contributed by atoms with Crippen molar-refractivity contribution >= 4 is 57.2 Å². The van der Waals surface area contributed by atoms with Crippen molar-refractivity contribution in [2.24, 2.45) is 0 Å². The third-order valence-corrected chi connectivity index (χ3v) is 6.21. The predicted molar refractivity (Wildman–Crippen MR) is 133 cm³/mol. The van der Waals surface area contributed by atoms with Gasteiger partial charge in [-0.15, -0.1) is 0 Å². The molecule has 0 unspecified atom stereocenters. The summed E-state index contributed by atoms with van der Waals surface area (Å²) in [5, 5.41) is 8.05. The van der Waals surface area contributed by atoms with Gasteiger partial charge >= 0.3 is 0 Å². The van der Waals surface area contributed by atoms with E-state index >= 15 is 0 Å². The fourth-order valence-electron chi connectivity index (χ4n) is 4.26. The number of halogens is 2. The summed E-state index contributed by atoms with van der Waals surface area (Å²) in [6, 6.07) is 14.0. The molecule has 0 bridgehead atoms. The number of aromatic amines is 1. The molecule has 3 N–H and O–H groups in total. The molecule has 1 aliphatic carbocycles. The lowest BCUT2D eigenvalue weighted by Crippen LogP contribution is -2.20. The van der Waals surface area contributed by atoms with E-state index in [0.717, 1.165) is 53.6 Å². The zero-order chi connectivity index (χ0) is 22.9. The molecule has 6 nitrogen and oxygen atoms in total. The highest BCUT2D eigenvalue weighted by molar-refractivity contribution is 6.35. The highest BCUT2D eigenvalue weighted by atomic mass is 35.5. The monoisotopic (exact) mass is 478 g/mol. The summed E-state index contributed by atoms with van der Waals surface area (Å²) in [7, 11) is 0. The van der Waals surface area contributed by atoms with Crippen LogP contribution in [0, 0.1) is 0 Å². The second-order valence-corrected chi connectivity index (χ2v) is 8.89. The molecule has 0 saturated heterocycles. The van der Waals surface area contributed by atoms with Gasteiger partial charge in [-0.3, -0.25) is 9.59 Å². The van der Waals surface area contributed by atoms with Crippen LogP contribution in [0.25, 0.3) is 11.0 Å². The number of carbonyl (C=O) groups is 1. The van der Waals surface area contributed by atoms with E-state index in [1.165, 1.54) is 0 Å². The van der Waals surface area contributed by atoms with Crippen molar-refractivity contribution in [3.05, 3.63) is 91.8 Å². The lowest BCUT2D eigenvalue weighted by atomic mass is 9.90. The van der Waals surface area contributed by atoms with E-state index in [-0.39, 0.29) is 11.5 Å². The summed E-state index contributed by atoms with van der Waals surface area (Å²) < 4.78 is 0. The largest absolute Gasteiger partial charge is 0.355 e. The zero-order valence-corrected chi connectivity index (χ0v) is 19.1. The maximum Gasteiger partial charge on any atom is 0.255 e. The normalized spacial score (nSPS) is 12.9. The molecule has 4 aromatic rings. The van der Waals surface area contributed by atoms with Crippen molar-refractivity contribution in [2.45, 2.75) is 25.7 Å². The minimum atomic E-state index is -0.296. The van der Waals surface area contributed by atoms with E-state index in [0.29, 0.717) is 26.9 Å². The fraction of sp³-hybridized carbons (Fsp3) is 0.160. The van der Waals surface area contributed by atoms with Crippen molar-refractivity contribution < 1.29 is 4.79 Å². The molecule has 0 aliphatic heterocycles. The van der Waals surface area contributed by atoms with Crippen LogP contribution in [0.15, 0.2) is 59.5 Å². The number of hydrogen-bond acceptors (Lipinski definition) is 4. The Bertz CT molecular complexity index is 1410. The first-order valence-corrected chi connectivity index (χ1v) is 11.4. The minimum absolute atomic E-state index is 0.0389. The zero-order valence-electron chi connectivity index (χ0n) is 17.5. The molecule has 0 fully saturated rings. The van der Waals surface area contributed by atoms with E-state index in [1.54, 1.807) is 24.4 Å². The number of H-pyrrole nitrogens is 1. The number of rotatable bonds is 4. The minimum Gasteiger partial charge on any atom is -0.355 e. The third-order valence-electron chi connectivity index (χ3n) is 5.77. The van der Waals surface area contributed by atoms with Crippen LogP contribution in [0.1, 0.15) is 34.3 Å². The molecule has 166 valence electrons. The Kier molecular flexibility index (Phi) is 5.79. The van der Waals surface area contributed by atoms with Gasteiger partial charge in [-0.1, -0.05) is 23.2 Å². The summed E-state index contributed by atoms with van der Waals surface area (Å²) in [4.78, 5) is 32.3. The first kappa shape index (κ1) is 21.5. The topological polar surface area (TPSA) is 86.9 Å². The predicted octanol–water partition coefficient (Wildman–Crippen LogP) is 6.10. The van der Waals surface area contributed by atoms with E-state index in [4.69, 9.17) is 23.2 Å². The Morgan fingerprint density at radius 3 is 2.30 bits per heavy atom. The maximum absolute atomic E-state index is 12.5. The third kappa shape index (κ3) is 4.45. The first-order chi connectivity index (χ1) is 16.0. The molecule has 2 heterocycles. The van der Waals surface area contributed by atoms with Gasteiger partial charge in [0.05, 0.1) is 5.69 Å². The van der Waals surface area contributed by atoms with Crippen LogP contribution in [-0.4, -0.2) is 15.9 Å². The van der Waals surface area contributed by atoms with E-state index in [9.17, 15) is 9.59 Å². The molecule has 0 saturated carbocycles. The molecule has 2 aromatic carbocycles.